The molecule has 0 amide bonds. The fourth-order valence-electron chi connectivity index (χ4n) is 4.36. The number of ether oxygens (including phenoxy) is 4. The van der Waals surface area contributed by atoms with Crippen molar-refractivity contribution in [2.75, 3.05) is 41.0 Å². The first kappa shape index (κ1) is 24.7. The van der Waals surface area contributed by atoms with Gasteiger partial charge in [0.05, 0.1) is 27.4 Å². The second-order valence-corrected chi connectivity index (χ2v) is 8.71. The summed E-state index contributed by atoms with van der Waals surface area (Å²) in [5, 5.41) is 4.18. The van der Waals surface area contributed by atoms with Crippen LogP contribution in [0.25, 0.3) is 0 Å². The number of nitrogens with zero attached hydrogens (tertiary/aromatic N) is 1. The third-order valence-corrected chi connectivity index (χ3v) is 6.64. The summed E-state index contributed by atoms with van der Waals surface area (Å²) in [7, 11) is 4.97. The number of hydrogen-bond acceptors (Lipinski definition) is 5. The van der Waals surface area contributed by atoms with Gasteiger partial charge in [0.2, 0.25) is 0 Å². The maximum atomic E-state index is 6.23. The van der Waals surface area contributed by atoms with Gasteiger partial charge in [0.25, 0.3) is 0 Å². The molecule has 4 rings (SSSR count). The number of nitrogens with one attached hydrogen (secondary N) is 1. The van der Waals surface area contributed by atoms with Crippen molar-refractivity contribution in [2.24, 2.45) is 0 Å². The second-order valence-electron chi connectivity index (χ2n) is 8.32. The molecule has 0 spiro atoms. The van der Waals surface area contributed by atoms with Crippen LogP contribution in [0.2, 0.25) is 0 Å². The Balaban J connectivity index is 1.53. The molecule has 0 unspecified atom stereocenters. The summed E-state index contributed by atoms with van der Waals surface area (Å²) in [5.41, 5.74) is 3.63. The van der Waals surface area contributed by atoms with Gasteiger partial charge in [-0.15, -0.1) is 0 Å². The molecular weight excluding hydrogens is 460 g/mol. The Morgan fingerprint density at radius 3 is 2.29 bits per heavy atom. The average molecular weight is 493 g/mol. The van der Waals surface area contributed by atoms with Gasteiger partial charge in [0.15, 0.2) is 16.6 Å². The number of hydrogen-bond donors (Lipinski definition) is 1. The van der Waals surface area contributed by atoms with Crippen LogP contribution in [-0.4, -0.2) is 51.0 Å². The van der Waals surface area contributed by atoms with Crippen LogP contribution in [0.4, 0.5) is 0 Å². The number of methoxy groups -OCH3 is 3. The minimum atomic E-state index is -0.0719. The number of thiocarbonyl (C=S) groups is 1. The lowest BCUT2D eigenvalue weighted by atomic mass is 9.92. The van der Waals surface area contributed by atoms with Crippen LogP contribution >= 0.6 is 12.2 Å². The Bertz CT molecular complexity index is 1120. The van der Waals surface area contributed by atoms with Gasteiger partial charge in [-0.1, -0.05) is 30.3 Å². The highest BCUT2D eigenvalue weighted by atomic mass is 32.1. The van der Waals surface area contributed by atoms with Gasteiger partial charge in [-0.2, -0.15) is 0 Å². The normalized spacial score (nSPS) is 14.6. The van der Waals surface area contributed by atoms with Gasteiger partial charge in [0, 0.05) is 13.1 Å². The fraction of sp³-hybridized carbons (Fsp3) is 0.321. The Labute approximate surface area is 212 Å². The van der Waals surface area contributed by atoms with Crippen molar-refractivity contribution in [3.8, 4) is 23.0 Å². The van der Waals surface area contributed by atoms with Crippen LogP contribution in [0.1, 0.15) is 22.7 Å². The van der Waals surface area contributed by atoms with Crippen molar-refractivity contribution in [2.45, 2.75) is 18.9 Å². The maximum Gasteiger partial charge on any atom is 0.169 e. The lowest BCUT2D eigenvalue weighted by molar-refractivity contribution is 0.187. The molecule has 1 heterocycles. The molecule has 0 saturated carbocycles. The van der Waals surface area contributed by atoms with Gasteiger partial charge in [0.1, 0.15) is 18.1 Å². The van der Waals surface area contributed by atoms with E-state index in [1.807, 2.05) is 30.3 Å². The molecule has 1 aliphatic heterocycles. The molecule has 3 aromatic carbocycles. The zero-order chi connectivity index (χ0) is 24.6. The molecule has 184 valence electrons. The van der Waals surface area contributed by atoms with E-state index in [4.69, 9.17) is 31.2 Å². The van der Waals surface area contributed by atoms with Gasteiger partial charge < -0.3 is 29.2 Å². The van der Waals surface area contributed by atoms with E-state index in [2.05, 4.69) is 46.6 Å². The van der Waals surface area contributed by atoms with Crippen molar-refractivity contribution in [3.63, 3.8) is 0 Å². The fourth-order valence-corrected chi connectivity index (χ4v) is 4.68. The van der Waals surface area contributed by atoms with Crippen LogP contribution in [0.3, 0.4) is 0 Å². The molecule has 0 aromatic heterocycles. The summed E-state index contributed by atoms with van der Waals surface area (Å²) < 4.78 is 22.6. The largest absolute Gasteiger partial charge is 0.497 e. The second kappa shape index (κ2) is 11.8. The van der Waals surface area contributed by atoms with Crippen molar-refractivity contribution < 1.29 is 18.9 Å². The summed E-state index contributed by atoms with van der Waals surface area (Å²) in [6.45, 7) is 2.00. The quantitative estimate of drug-likeness (QED) is 0.430. The van der Waals surface area contributed by atoms with Crippen LogP contribution in [0.5, 0.6) is 23.0 Å². The monoisotopic (exact) mass is 492 g/mol. The van der Waals surface area contributed by atoms with Crippen molar-refractivity contribution in [3.05, 3.63) is 83.4 Å². The maximum absolute atomic E-state index is 6.23. The van der Waals surface area contributed by atoms with E-state index in [-0.39, 0.29) is 6.04 Å². The Morgan fingerprint density at radius 2 is 1.60 bits per heavy atom. The molecule has 0 bridgehead atoms. The molecule has 7 heteroatoms. The number of benzene rings is 3. The van der Waals surface area contributed by atoms with E-state index < -0.39 is 0 Å². The highest BCUT2D eigenvalue weighted by molar-refractivity contribution is 7.80. The summed E-state index contributed by atoms with van der Waals surface area (Å²) in [5.74, 6) is 3.01. The van der Waals surface area contributed by atoms with Crippen LogP contribution < -0.4 is 24.3 Å². The van der Waals surface area contributed by atoms with Crippen LogP contribution in [-0.2, 0) is 12.8 Å². The molecule has 1 N–H and O–H groups in total. The van der Waals surface area contributed by atoms with Gasteiger partial charge in [-0.05, 0) is 78.1 Å². The first-order chi connectivity index (χ1) is 17.1. The van der Waals surface area contributed by atoms with E-state index in [0.29, 0.717) is 12.4 Å². The standard InChI is InChI=1S/C28H32N2O4S/c1-31-22-9-11-23(12-10-22)34-19-25-24-18-27(33-3)26(32-2)17-21(24)14-16-30(25)28(35)29-15-13-20-7-5-4-6-8-20/h4-12,17-18,25H,13-16,19H2,1-3H3,(H,29,35)/t25-/m0/s1. The van der Waals surface area contributed by atoms with Crippen LogP contribution in [0.15, 0.2) is 66.7 Å². The lowest BCUT2D eigenvalue weighted by Gasteiger charge is -2.39. The van der Waals surface area contributed by atoms with Crippen molar-refractivity contribution >= 4 is 17.3 Å². The molecule has 0 fully saturated rings. The van der Waals surface area contributed by atoms with Crippen molar-refractivity contribution in [1.82, 2.24) is 10.2 Å². The number of fused-ring (bicyclic) bond motifs is 1. The molecule has 1 atom stereocenters. The first-order valence-corrected chi connectivity index (χ1v) is 12.1. The Kier molecular flexibility index (Phi) is 8.32. The topological polar surface area (TPSA) is 52.2 Å². The summed E-state index contributed by atoms with van der Waals surface area (Å²) in [6.07, 6.45) is 1.76. The lowest BCUT2D eigenvalue weighted by Crippen LogP contribution is -2.47. The zero-order valence-electron chi connectivity index (χ0n) is 20.5. The molecule has 0 saturated heterocycles. The Morgan fingerprint density at radius 1 is 0.914 bits per heavy atom. The molecule has 0 radical (unpaired) electrons. The SMILES string of the molecule is COc1ccc(OC[C@H]2c3cc(OC)c(OC)cc3CCN2C(=S)NCCc2ccccc2)cc1. The summed E-state index contributed by atoms with van der Waals surface area (Å²) in [4.78, 5) is 2.22. The smallest absolute Gasteiger partial charge is 0.169 e. The highest BCUT2D eigenvalue weighted by Gasteiger charge is 2.31. The predicted molar refractivity (Wildman–Crippen MR) is 142 cm³/mol. The third-order valence-electron chi connectivity index (χ3n) is 6.26. The highest BCUT2D eigenvalue weighted by Crippen LogP contribution is 2.38. The molecule has 0 aliphatic carbocycles. The Hall–Kier alpha value is -3.45. The van der Waals surface area contributed by atoms with Gasteiger partial charge in [-0.3, -0.25) is 0 Å². The molecule has 1 aliphatic rings. The molecule has 35 heavy (non-hydrogen) atoms. The predicted octanol–water partition coefficient (Wildman–Crippen LogP) is 4.81. The van der Waals surface area contributed by atoms with Gasteiger partial charge in [-0.25, -0.2) is 0 Å². The van der Waals surface area contributed by atoms with E-state index >= 15 is 0 Å². The average Bonchev–Trinajstić information content (AvgIpc) is 2.91. The molecular formula is C28H32N2O4S. The van der Waals surface area contributed by atoms with E-state index in [1.54, 1.807) is 21.3 Å². The van der Waals surface area contributed by atoms with Crippen molar-refractivity contribution in [1.29, 1.82) is 0 Å². The van der Waals surface area contributed by atoms with E-state index in [0.717, 1.165) is 53.9 Å². The third kappa shape index (κ3) is 5.98. The molecule has 3 aromatic rings. The van der Waals surface area contributed by atoms with Gasteiger partial charge >= 0.3 is 0 Å². The van der Waals surface area contributed by atoms with E-state index in [1.165, 1.54) is 11.1 Å². The first-order valence-electron chi connectivity index (χ1n) is 11.7. The minimum absolute atomic E-state index is 0.0719. The zero-order valence-corrected chi connectivity index (χ0v) is 21.3. The number of rotatable bonds is 9. The van der Waals surface area contributed by atoms with E-state index in [9.17, 15) is 0 Å². The van der Waals surface area contributed by atoms with Crippen LogP contribution in [0, 0.1) is 0 Å². The summed E-state index contributed by atoms with van der Waals surface area (Å²) >= 11 is 5.86. The molecule has 6 nitrogen and oxygen atoms in total. The summed E-state index contributed by atoms with van der Waals surface area (Å²) in [6, 6.07) is 22.1. The minimum Gasteiger partial charge on any atom is -0.497 e.